The van der Waals surface area contributed by atoms with Crippen molar-refractivity contribution in [1.82, 2.24) is 0 Å². The number of unbranched alkanes of at least 4 members (excludes halogenated alkanes) is 2. The van der Waals surface area contributed by atoms with Gasteiger partial charge in [-0.05, 0) is 0 Å². The average molecular weight is 933 g/mol. The van der Waals surface area contributed by atoms with Crippen molar-refractivity contribution in [2.45, 2.75) is 48.4 Å². The van der Waals surface area contributed by atoms with Crippen LogP contribution in [0.4, 0.5) is 0 Å². The summed E-state index contributed by atoms with van der Waals surface area (Å²) in [5.41, 5.74) is 0. The summed E-state index contributed by atoms with van der Waals surface area (Å²) in [6.07, 6.45) is 5.84. The molecule has 0 saturated heterocycles. The maximum atomic E-state index is 2.29. The van der Waals surface area contributed by atoms with Crippen LogP contribution in [0.25, 0.3) is 0 Å². The van der Waals surface area contributed by atoms with E-state index in [-0.39, 0.29) is 21.1 Å². The van der Waals surface area contributed by atoms with E-state index in [4.69, 9.17) is 0 Å². The second-order valence-electron chi connectivity index (χ2n) is 11.4. The van der Waals surface area contributed by atoms with Crippen LogP contribution in [0.5, 0.6) is 0 Å². The fourth-order valence-corrected chi connectivity index (χ4v) is 24.2. The van der Waals surface area contributed by atoms with Gasteiger partial charge in [0.1, 0.15) is 0 Å². The van der Waals surface area contributed by atoms with Gasteiger partial charge in [0.2, 0.25) is 0 Å². The topological polar surface area (TPSA) is 0 Å². The predicted molar refractivity (Wildman–Crippen MR) is 213 cm³/mol. The molecule has 0 N–H and O–H groups in total. The van der Waals surface area contributed by atoms with E-state index in [1.165, 1.54) is 47.2 Å². The van der Waals surface area contributed by atoms with Crippen molar-refractivity contribution in [3.63, 3.8) is 0 Å². The predicted octanol–water partition coefficient (Wildman–Crippen LogP) is 7.53. The van der Waals surface area contributed by atoms with E-state index in [9.17, 15) is 0 Å². The minimum atomic E-state index is -1.98. The molecule has 0 aromatic heterocycles. The molecule has 0 aliphatic heterocycles. The molecule has 236 valence electrons. The zero-order valence-electron chi connectivity index (χ0n) is 28.1. The Bertz CT molecular complexity index is 1280. The first-order chi connectivity index (χ1) is 23.3. The van der Waals surface area contributed by atoms with Gasteiger partial charge in [0.05, 0.1) is 0 Å². The summed E-state index contributed by atoms with van der Waals surface area (Å²) in [6, 6.07) is 65.9. The summed E-state index contributed by atoms with van der Waals surface area (Å²) in [5, 5.41) is 0. The molecule has 4 radical (unpaired) electrons. The molecular formula is C44H48Sn3. The van der Waals surface area contributed by atoms with Gasteiger partial charge in [-0.2, -0.15) is 0 Å². The summed E-state index contributed by atoms with van der Waals surface area (Å²) in [6.45, 7) is 4.58. The third-order valence-electron chi connectivity index (χ3n) is 7.79. The average Bonchev–Trinajstić information content (AvgIpc) is 3.15. The second-order valence-corrected chi connectivity index (χ2v) is 29.9. The van der Waals surface area contributed by atoms with Crippen LogP contribution in [0.15, 0.2) is 182 Å². The molecule has 0 atom stereocenters. The molecule has 0 saturated carbocycles. The van der Waals surface area contributed by atoms with Crippen molar-refractivity contribution in [2.24, 2.45) is 0 Å². The SMILES string of the molecule is CCC[CH2][Sn][CH2]CCC.c1cc[c]([Sn]([c]2ccccc2)[c]2ccccc2)cc1.c1cc[c]([Sn]([c]2ccccc2)[c]2ccccc2)cc1. The Morgan fingerprint density at radius 3 is 0.681 bits per heavy atom. The molecule has 0 aliphatic carbocycles. The molecule has 0 heterocycles. The molecule has 6 rings (SSSR count). The molecular weight excluding hydrogens is 885 g/mol. The van der Waals surface area contributed by atoms with Crippen LogP contribution in [-0.4, -0.2) is 60.7 Å². The number of hydrogen-bond donors (Lipinski definition) is 0. The van der Waals surface area contributed by atoms with Crippen LogP contribution in [-0.2, 0) is 0 Å². The summed E-state index contributed by atoms with van der Waals surface area (Å²) in [5.74, 6) is 0. The molecule has 0 aliphatic rings. The maximum absolute atomic E-state index is 2.29. The van der Waals surface area contributed by atoms with E-state index in [0.717, 1.165) is 0 Å². The van der Waals surface area contributed by atoms with Crippen molar-refractivity contribution in [1.29, 1.82) is 0 Å². The summed E-state index contributed by atoms with van der Waals surface area (Å²) < 4.78 is 12.4. The molecule has 0 spiro atoms. The van der Waals surface area contributed by atoms with E-state index in [1.807, 2.05) is 0 Å². The molecule has 6 aromatic rings. The van der Waals surface area contributed by atoms with Gasteiger partial charge in [0, 0.05) is 0 Å². The number of rotatable bonds is 12. The molecule has 0 bridgehead atoms. The summed E-state index contributed by atoms with van der Waals surface area (Å²) >= 11 is -3.81. The Balaban J connectivity index is 0.000000171. The fourth-order valence-electron chi connectivity index (χ4n) is 5.36. The van der Waals surface area contributed by atoms with E-state index >= 15 is 0 Å². The molecule has 6 aromatic carbocycles. The van der Waals surface area contributed by atoms with Crippen LogP contribution >= 0.6 is 0 Å². The molecule has 3 heteroatoms. The van der Waals surface area contributed by atoms with E-state index in [0.29, 0.717) is 0 Å². The van der Waals surface area contributed by atoms with Gasteiger partial charge in [0.25, 0.3) is 0 Å². The van der Waals surface area contributed by atoms with Gasteiger partial charge >= 0.3 is 313 Å². The monoisotopic (exact) mass is 936 g/mol. The van der Waals surface area contributed by atoms with Crippen molar-refractivity contribution >= 4 is 82.1 Å². The first-order valence-electron chi connectivity index (χ1n) is 17.1. The second kappa shape index (κ2) is 23.1. The zero-order chi connectivity index (χ0) is 32.8. The van der Waals surface area contributed by atoms with E-state index in [2.05, 4.69) is 196 Å². The van der Waals surface area contributed by atoms with E-state index < -0.39 is 39.5 Å². The fraction of sp³-hybridized carbons (Fsp3) is 0.182. The molecule has 0 nitrogen and oxygen atoms in total. The van der Waals surface area contributed by atoms with Crippen LogP contribution in [0.2, 0.25) is 8.87 Å². The Morgan fingerprint density at radius 2 is 0.511 bits per heavy atom. The number of hydrogen-bond acceptors (Lipinski definition) is 0. The van der Waals surface area contributed by atoms with Crippen molar-refractivity contribution < 1.29 is 0 Å². The Labute approximate surface area is 309 Å². The molecule has 0 fully saturated rings. The van der Waals surface area contributed by atoms with Crippen molar-refractivity contribution in [3.8, 4) is 0 Å². The van der Waals surface area contributed by atoms with Crippen molar-refractivity contribution in [3.05, 3.63) is 182 Å². The van der Waals surface area contributed by atoms with Gasteiger partial charge in [-0.1, -0.05) is 0 Å². The van der Waals surface area contributed by atoms with Gasteiger partial charge in [-0.3, -0.25) is 0 Å². The quantitative estimate of drug-likeness (QED) is 0.0881. The molecule has 47 heavy (non-hydrogen) atoms. The normalized spacial score (nSPS) is 10.5. The standard InChI is InChI=1S/6C6H5.2C4H9.3Sn/c6*1-2-4-6-5-3-1;2*1-3-4-2;;;/h6*1-5H;2*1,3-4H2,2H3;;;. The van der Waals surface area contributed by atoms with Gasteiger partial charge in [-0.25, -0.2) is 0 Å². The van der Waals surface area contributed by atoms with Crippen molar-refractivity contribution in [2.75, 3.05) is 0 Å². The third-order valence-corrected chi connectivity index (χ3v) is 27.4. The third kappa shape index (κ3) is 13.3. The summed E-state index contributed by atoms with van der Waals surface area (Å²) in [7, 11) is 0. The Morgan fingerprint density at radius 1 is 0.319 bits per heavy atom. The van der Waals surface area contributed by atoms with Gasteiger partial charge in [0.15, 0.2) is 0 Å². The first kappa shape index (κ1) is 37.5. The van der Waals surface area contributed by atoms with E-state index in [1.54, 1.807) is 8.87 Å². The van der Waals surface area contributed by atoms with Crippen LogP contribution in [0.3, 0.4) is 0 Å². The minimum absolute atomic E-state index is 0.149. The van der Waals surface area contributed by atoms with Gasteiger partial charge < -0.3 is 0 Å². The van der Waals surface area contributed by atoms with Crippen LogP contribution in [0, 0.1) is 0 Å². The molecule has 0 amide bonds. The summed E-state index contributed by atoms with van der Waals surface area (Å²) in [4.78, 5) is 0. The Hall–Kier alpha value is -2.28. The number of benzene rings is 6. The Kier molecular flexibility index (Phi) is 18.5. The molecule has 0 unspecified atom stereocenters. The van der Waals surface area contributed by atoms with Crippen LogP contribution in [0.1, 0.15) is 39.5 Å². The van der Waals surface area contributed by atoms with Crippen LogP contribution < -0.4 is 21.5 Å². The zero-order valence-corrected chi connectivity index (χ0v) is 36.6. The van der Waals surface area contributed by atoms with Gasteiger partial charge in [-0.15, -0.1) is 0 Å². The first-order valence-corrected chi connectivity index (χ1v) is 29.7.